The van der Waals surface area contributed by atoms with Crippen molar-refractivity contribution in [3.05, 3.63) is 35.2 Å². The monoisotopic (exact) mass is 220 g/mol. The predicted molar refractivity (Wildman–Crippen MR) is 68.4 cm³/mol. The first kappa shape index (κ1) is 9.81. The predicted octanol–water partition coefficient (Wildman–Crippen LogP) is 4.57. The zero-order valence-corrected chi connectivity index (χ0v) is 9.97. The second-order valence-corrected chi connectivity index (χ2v) is 5.24. The minimum Gasteiger partial charge on any atom is -0.139 e. The molecular weight excluding hydrogens is 208 g/mol. The maximum atomic E-state index is 3.84. The van der Waals surface area contributed by atoms with Gasteiger partial charge in [0.25, 0.3) is 0 Å². The summed E-state index contributed by atoms with van der Waals surface area (Å²) < 4.78 is 1.40. The molecule has 0 nitrogen and oxygen atoms in total. The molecule has 72 valence electrons. The van der Waals surface area contributed by atoms with Gasteiger partial charge in [0.05, 0.1) is 0 Å². The quantitative estimate of drug-likeness (QED) is 0.668. The van der Waals surface area contributed by atoms with Gasteiger partial charge in [-0.15, -0.1) is 23.1 Å². The van der Waals surface area contributed by atoms with E-state index in [0.717, 1.165) is 0 Å². The van der Waals surface area contributed by atoms with E-state index >= 15 is 0 Å². The zero-order valence-electron chi connectivity index (χ0n) is 8.33. The van der Waals surface area contributed by atoms with Gasteiger partial charge >= 0.3 is 0 Å². The summed E-state index contributed by atoms with van der Waals surface area (Å²) in [4.78, 5) is 2.73. The molecule has 0 aliphatic heterocycles. The van der Waals surface area contributed by atoms with Crippen molar-refractivity contribution in [3.63, 3.8) is 0 Å². The summed E-state index contributed by atoms with van der Waals surface area (Å²) in [6.07, 6.45) is 4.05. The number of rotatable bonds is 2. The lowest BCUT2D eigenvalue weighted by atomic mass is 10.2. The number of hydrogen-bond acceptors (Lipinski definition) is 2. The molecule has 1 aromatic heterocycles. The molecule has 0 fully saturated rings. The van der Waals surface area contributed by atoms with E-state index in [1.54, 1.807) is 11.8 Å². The Morgan fingerprint density at radius 2 is 2.21 bits per heavy atom. The highest BCUT2D eigenvalue weighted by atomic mass is 32.2. The van der Waals surface area contributed by atoms with Crippen LogP contribution in [-0.2, 0) is 0 Å². The molecule has 0 saturated carbocycles. The molecule has 2 aromatic rings. The first-order valence-corrected chi connectivity index (χ1v) is 6.50. The number of thioether (sulfide) groups is 1. The van der Waals surface area contributed by atoms with Crippen molar-refractivity contribution in [2.45, 2.75) is 11.8 Å². The molecule has 1 aromatic carbocycles. The minimum absolute atomic E-state index is 1.24. The van der Waals surface area contributed by atoms with E-state index < -0.39 is 0 Å². The highest BCUT2D eigenvalue weighted by molar-refractivity contribution is 7.99. The molecule has 0 spiro atoms. The third-order valence-corrected chi connectivity index (χ3v) is 4.28. The Morgan fingerprint density at radius 3 is 2.86 bits per heavy atom. The van der Waals surface area contributed by atoms with Gasteiger partial charge < -0.3 is 0 Å². The number of aryl methyl sites for hydroxylation is 1. The SMILES string of the molecule is C=Cc1ccc2cc(C)sc2c1SC. The fourth-order valence-corrected chi connectivity index (χ4v) is 3.62. The summed E-state index contributed by atoms with van der Waals surface area (Å²) in [6.45, 7) is 6.00. The third kappa shape index (κ3) is 1.49. The first-order valence-electron chi connectivity index (χ1n) is 4.46. The zero-order chi connectivity index (χ0) is 10.1. The number of fused-ring (bicyclic) bond motifs is 1. The van der Waals surface area contributed by atoms with E-state index in [9.17, 15) is 0 Å². The summed E-state index contributed by atoms with van der Waals surface area (Å²) in [5.41, 5.74) is 1.24. The third-order valence-electron chi connectivity index (χ3n) is 2.22. The van der Waals surface area contributed by atoms with Crippen LogP contribution in [0.25, 0.3) is 16.2 Å². The maximum Gasteiger partial charge on any atom is 0.0487 e. The Labute approximate surface area is 92.6 Å². The van der Waals surface area contributed by atoms with Crippen LogP contribution in [0.5, 0.6) is 0 Å². The van der Waals surface area contributed by atoms with Crippen LogP contribution in [0.4, 0.5) is 0 Å². The van der Waals surface area contributed by atoms with Crippen molar-refractivity contribution in [2.75, 3.05) is 6.26 Å². The first-order chi connectivity index (χ1) is 6.76. The molecule has 0 amide bonds. The number of benzene rings is 1. The molecule has 0 unspecified atom stereocenters. The van der Waals surface area contributed by atoms with Crippen LogP contribution in [0.15, 0.2) is 29.7 Å². The van der Waals surface area contributed by atoms with E-state index in [1.807, 2.05) is 17.4 Å². The van der Waals surface area contributed by atoms with Crippen LogP contribution in [-0.4, -0.2) is 6.26 Å². The van der Waals surface area contributed by atoms with E-state index in [2.05, 4.69) is 38.0 Å². The Morgan fingerprint density at radius 1 is 1.43 bits per heavy atom. The van der Waals surface area contributed by atoms with Crippen LogP contribution in [0.2, 0.25) is 0 Å². The van der Waals surface area contributed by atoms with Gasteiger partial charge in [-0.05, 0) is 30.2 Å². The van der Waals surface area contributed by atoms with Gasteiger partial charge in [0.2, 0.25) is 0 Å². The fraction of sp³-hybridized carbons (Fsp3) is 0.167. The fourth-order valence-electron chi connectivity index (χ4n) is 1.59. The van der Waals surface area contributed by atoms with Crippen molar-refractivity contribution >= 4 is 39.3 Å². The van der Waals surface area contributed by atoms with Crippen molar-refractivity contribution in [1.29, 1.82) is 0 Å². The van der Waals surface area contributed by atoms with Crippen LogP contribution in [0, 0.1) is 6.92 Å². The molecular formula is C12H12S2. The van der Waals surface area contributed by atoms with Gasteiger partial charge in [0, 0.05) is 14.5 Å². The second kappa shape index (κ2) is 3.79. The Hall–Kier alpha value is -0.730. The Bertz CT molecular complexity index is 480. The summed E-state index contributed by atoms with van der Waals surface area (Å²) in [6, 6.07) is 6.56. The van der Waals surface area contributed by atoms with Crippen LogP contribution in [0.1, 0.15) is 10.4 Å². The van der Waals surface area contributed by atoms with Crippen LogP contribution >= 0.6 is 23.1 Å². The van der Waals surface area contributed by atoms with Crippen LogP contribution < -0.4 is 0 Å². The van der Waals surface area contributed by atoms with E-state index in [0.29, 0.717) is 0 Å². The minimum atomic E-state index is 1.24. The molecule has 0 aliphatic carbocycles. The Kier molecular flexibility index (Phi) is 2.66. The number of thiophene rings is 1. The molecule has 2 rings (SSSR count). The molecule has 0 N–H and O–H groups in total. The normalized spacial score (nSPS) is 10.7. The molecule has 14 heavy (non-hydrogen) atoms. The topological polar surface area (TPSA) is 0 Å². The highest BCUT2D eigenvalue weighted by Gasteiger charge is 2.06. The molecule has 2 heteroatoms. The summed E-state index contributed by atoms with van der Waals surface area (Å²) in [7, 11) is 0. The molecule has 0 radical (unpaired) electrons. The van der Waals surface area contributed by atoms with Gasteiger partial charge in [0.1, 0.15) is 0 Å². The lowest BCUT2D eigenvalue weighted by Gasteiger charge is -2.03. The molecule has 0 bridgehead atoms. The van der Waals surface area contributed by atoms with Gasteiger partial charge in [-0.1, -0.05) is 24.8 Å². The van der Waals surface area contributed by atoms with E-state index in [-0.39, 0.29) is 0 Å². The smallest absolute Gasteiger partial charge is 0.0487 e. The largest absolute Gasteiger partial charge is 0.139 e. The van der Waals surface area contributed by atoms with Gasteiger partial charge in [-0.3, -0.25) is 0 Å². The van der Waals surface area contributed by atoms with Crippen molar-refractivity contribution < 1.29 is 0 Å². The second-order valence-electron chi connectivity index (χ2n) is 3.17. The summed E-state index contributed by atoms with van der Waals surface area (Å²) in [5.74, 6) is 0. The standard InChI is InChI=1S/C12H12S2/c1-4-9-5-6-10-7-8(2)14-12(10)11(9)13-3/h4-7H,1H2,2-3H3. The average molecular weight is 220 g/mol. The summed E-state index contributed by atoms with van der Waals surface area (Å²) in [5, 5.41) is 1.35. The Balaban J connectivity index is 2.82. The molecule has 1 heterocycles. The lowest BCUT2D eigenvalue weighted by Crippen LogP contribution is -1.77. The lowest BCUT2D eigenvalue weighted by molar-refractivity contribution is 1.54. The maximum absolute atomic E-state index is 3.84. The number of hydrogen-bond donors (Lipinski definition) is 0. The van der Waals surface area contributed by atoms with Gasteiger partial charge in [-0.25, -0.2) is 0 Å². The van der Waals surface area contributed by atoms with E-state index in [4.69, 9.17) is 0 Å². The van der Waals surface area contributed by atoms with Crippen molar-refractivity contribution in [1.82, 2.24) is 0 Å². The van der Waals surface area contributed by atoms with Crippen LogP contribution in [0.3, 0.4) is 0 Å². The molecule has 0 atom stereocenters. The van der Waals surface area contributed by atoms with E-state index in [1.165, 1.54) is 25.4 Å². The molecule has 0 aliphatic rings. The van der Waals surface area contributed by atoms with Crippen molar-refractivity contribution in [2.24, 2.45) is 0 Å². The summed E-state index contributed by atoms with van der Waals surface area (Å²) >= 11 is 3.67. The average Bonchev–Trinajstić information content (AvgIpc) is 2.56. The highest BCUT2D eigenvalue weighted by Crippen LogP contribution is 2.36. The van der Waals surface area contributed by atoms with Crippen molar-refractivity contribution in [3.8, 4) is 0 Å². The molecule has 0 saturated heterocycles. The van der Waals surface area contributed by atoms with Gasteiger partial charge in [0.15, 0.2) is 0 Å². The van der Waals surface area contributed by atoms with Gasteiger partial charge in [-0.2, -0.15) is 0 Å².